The van der Waals surface area contributed by atoms with Crippen LogP contribution in [0.2, 0.25) is 0 Å². The van der Waals surface area contributed by atoms with Gasteiger partial charge in [-0.15, -0.1) is 10.2 Å². The lowest BCUT2D eigenvalue weighted by Gasteiger charge is -2.02. The molecule has 2 aromatic carbocycles. The summed E-state index contributed by atoms with van der Waals surface area (Å²) in [7, 11) is 0. The fourth-order valence-electron chi connectivity index (χ4n) is 2.87. The molecule has 0 radical (unpaired) electrons. The Morgan fingerprint density at radius 1 is 1.11 bits per heavy atom. The summed E-state index contributed by atoms with van der Waals surface area (Å²) >= 11 is 0. The number of carbonyl (C=O) groups is 1. The van der Waals surface area contributed by atoms with Crippen LogP contribution in [0.15, 0.2) is 40.8 Å². The van der Waals surface area contributed by atoms with Crippen LogP contribution in [-0.2, 0) is 4.74 Å². The largest absolute Gasteiger partial charge is 0.459 e. The Bertz CT molecular complexity index is 1180. The fourth-order valence-corrected chi connectivity index (χ4v) is 2.87. The number of fused-ring (bicyclic) bond motifs is 1. The third-order valence-electron chi connectivity index (χ3n) is 4.05. The average Bonchev–Trinajstić information content (AvgIpc) is 3.27. The first-order valence-corrected chi connectivity index (χ1v) is 8.25. The highest BCUT2D eigenvalue weighted by Crippen LogP contribution is 2.39. The quantitative estimate of drug-likeness (QED) is 0.522. The van der Waals surface area contributed by atoms with Gasteiger partial charge >= 0.3 is 11.9 Å². The van der Waals surface area contributed by atoms with Crippen molar-refractivity contribution in [3.05, 3.63) is 59.7 Å². The average molecular weight is 387 g/mol. The third-order valence-corrected chi connectivity index (χ3v) is 4.05. The minimum atomic E-state index is -0.824. The zero-order valence-corrected chi connectivity index (χ0v) is 14.4. The Kier molecular flexibility index (Phi) is 4.34. The van der Waals surface area contributed by atoms with Crippen LogP contribution >= 0.6 is 0 Å². The van der Waals surface area contributed by atoms with Crippen molar-refractivity contribution >= 4 is 16.9 Å². The van der Waals surface area contributed by atoms with Gasteiger partial charge in [-0.2, -0.15) is 0 Å². The maximum absolute atomic E-state index is 14.3. The number of rotatable bonds is 4. The number of nitrogens with one attached hydrogen (secondary N) is 1. The Balaban J connectivity index is 1.96. The molecule has 2 heterocycles. The fraction of sp³-hybridized carbons (Fsp3) is 0.105. The van der Waals surface area contributed by atoms with Crippen molar-refractivity contribution in [3.63, 3.8) is 0 Å². The standard InChI is InChI=1S/C19H12F3N3O3/c1-2-27-19(26)18-25-24-17(28-18)14-12-7-11(21)8-13(22)16(12)23-15(14)9-3-5-10(20)6-4-9/h3-8,23H,2H2,1H3. The number of aromatic amines is 1. The number of H-pyrrole nitrogens is 1. The van der Waals surface area contributed by atoms with E-state index in [2.05, 4.69) is 15.2 Å². The summed E-state index contributed by atoms with van der Waals surface area (Å²) in [6, 6.07) is 7.19. The molecule has 0 amide bonds. The van der Waals surface area contributed by atoms with Crippen LogP contribution in [0, 0.1) is 17.5 Å². The van der Waals surface area contributed by atoms with Crippen LogP contribution in [0.5, 0.6) is 0 Å². The number of halogens is 3. The van der Waals surface area contributed by atoms with E-state index < -0.39 is 29.3 Å². The first-order chi connectivity index (χ1) is 13.5. The van der Waals surface area contributed by atoms with E-state index in [9.17, 15) is 18.0 Å². The molecule has 28 heavy (non-hydrogen) atoms. The van der Waals surface area contributed by atoms with Crippen molar-refractivity contribution in [1.29, 1.82) is 0 Å². The number of ether oxygens (including phenoxy) is 1. The highest BCUT2D eigenvalue weighted by atomic mass is 19.1. The molecular weight excluding hydrogens is 375 g/mol. The van der Waals surface area contributed by atoms with Crippen LogP contribution in [0.3, 0.4) is 0 Å². The summed E-state index contributed by atoms with van der Waals surface area (Å²) in [6.45, 7) is 1.73. The van der Waals surface area contributed by atoms with Gasteiger partial charge in [0.2, 0.25) is 0 Å². The molecule has 0 aliphatic carbocycles. The van der Waals surface area contributed by atoms with E-state index in [0.717, 1.165) is 12.1 Å². The zero-order chi connectivity index (χ0) is 19.8. The van der Waals surface area contributed by atoms with Crippen molar-refractivity contribution in [2.24, 2.45) is 0 Å². The second-order valence-corrected chi connectivity index (χ2v) is 5.82. The van der Waals surface area contributed by atoms with Crippen LogP contribution in [0.1, 0.15) is 17.6 Å². The van der Waals surface area contributed by atoms with Crippen molar-refractivity contribution in [2.75, 3.05) is 6.61 Å². The molecule has 0 aliphatic rings. The molecule has 0 bridgehead atoms. The smallest absolute Gasteiger partial charge is 0.396 e. The lowest BCUT2D eigenvalue weighted by Crippen LogP contribution is -2.04. The summed E-state index contributed by atoms with van der Waals surface area (Å²) in [5, 5.41) is 7.59. The predicted molar refractivity (Wildman–Crippen MR) is 92.9 cm³/mol. The first-order valence-electron chi connectivity index (χ1n) is 8.25. The van der Waals surface area contributed by atoms with Crippen molar-refractivity contribution < 1.29 is 27.1 Å². The molecule has 4 aromatic rings. The minimum absolute atomic E-state index is 0.00612. The monoisotopic (exact) mass is 387 g/mol. The van der Waals surface area contributed by atoms with Gasteiger partial charge in [-0.05, 0) is 42.8 Å². The van der Waals surface area contributed by atoms with Gasteiger partial charge in [0.1, 0.15) is 17.5 Å². The SMILES string of the molecule is CCOC(=O)c1nnc(-c2c(-c3ccc(F)cc3)[nH]c3c(F)cc(F)cc23)o1. The minimum Gasteiger partial charge on any atom is -0.459 e. The number of aromatic nitrogens is 3. The van der Waals surface area contributed by atoms with E-state index in [1.165, 1.54) is 24.3 Å². The van der Waals surface area contributed by atoms with Gasteiger partial charge in [0.05, 0.1) is 23.4 Å². The lowest BCUT2D eigenvalue weighted by atomic mass is 10.0. The van der Waals surface area contributed by atoms with Crippen molar-refractivity contribution in [3.8, 4) is 22.7 Å². The van der Waals surface area contributed by atoms with Crippen LogP contribution in [0.4, 0.5) is 13.2 Å². The molecular formula is C19H12F3N3O3. The first kappa shape index (κ1) is 17.8. The molecule has 4 rings (SSSR count). The highest BCUT2D eigenvalue weighted by molar-refractivity contribution is 6.02. The van der Waals surface area contributed by atoms with E-state index in [1.54, 1.807) is 6.92 Å². The van der Waals surface area contributed by atoms with Crippen LogP contribution < -0.4 is 0 Å². The molecule has 0 saturated carbocycles. The second kappa shape index (κ2) is 6.84. The molecule has 6 nitrogen and oxygen atoms in total. The Hall–Kier alpha value is -3.62. The molecule has 1 N–H and O–H groups in total. The number of nitrogens with zero attached hydrogens (tertiary/aromatic N) is 2. The van der Waals surface area contributed by atoms with E-state index in [1.807, 2.05) is 0 Å². The van der Waals surface area contributed by atoms with Crippen molar-refractivity contribution in [2.45, 2.75) is 6.92 Å². The van der Waals surface area contributed by atoms with Gasteiger partial charge in [0.15, 0.2) is 0 Å². The second-order valence-electron chi connectivity index (χ2n) is 5.82. The molecule has 0 fully saturated rings. The summed E-state index contributed by atoms with van der Waals surface area (Å²) < 4.78 is 51.6. The Morgan fingerprint density at radius 3 is 2.57 bits per heavy atom. The van der Waals surface area contributed by atoms with E-state index in [-0.39, 0.29) is 29.0 Å². The summed E-state index contributed by atoms with van der Waals surface area (Å²) in [6.07, 6.45) is 0. The summed E-state index contributed by atoms with van der Waals surface area (Å²) in [5.74, 6) is -3.44. The van der Waals surface area contributed by atoms with Gasteiger partial charge in [-0.25, -0.2) is 18.0 Å². The number of hydrogen-bond acceptors (Lipinski definition) is 5. The molecule has 9 heteroatoms. The molecule has 2 aromatic heterocycles. The van der Waals surface area contributed by atoms with Crippen LogP contribution in [-0.4, -0.2) is 27.8 Å². The number of hydrogen-bond donors (Lipinski definition) is 1. The Morgan fingerprint density at radius 2 is 1.86 bits per heavy atom. The van der Waals surface area contributed by atoms with Gasteiger partial charge < -0.3 is 14.1 Å². The third kappa shape index (κ3) is 3.00. The molecule has 0 unspecified atom stereocenters. The number of benzene rings is 2. The predicted octanol–water partition coefficient (Wildman–Crippen LogP) is 4.48. The van der Waals surface area contributed by atoms with E-state index in [4.69, 9.17) is 9.15 Å². The molecule has 0 saturated heterocycles. The van der Waals surface area contributed by atoms with Crippen LogP contribution in [0.25, 0.3) is 33.6 Å². The summed E-state index contributed by atoms with van der Waals surface area (Å²) in [4.78, 5) is 14.7. The van der Waals surface area contributed by atoms with E-state index >= 15 is 0 Å². The Labute approximate surface area is 156 Å². The molecule has 0 aliphatic heterocycles. The lowest BCUT2D eigenvalue weighted by molar-refractivity contribution is 0.0481. The van der Waals surface area contributed by atoms with E-state index in [0.29, 0.717) is 11.3 Å². The zero-order valence-electron chi connectivity index (χ0n) is 14.4. The normalized spacial score (nSPS) is 11.1. The number of esters is 1. The maximum atomic E-state index is 14.3. The van der Waals surface area contributed by atoms with Gasteiger partial charge in [0, 0.05) is 11.5 Å². The van der Waals surface area contributed by atoms with Gasteiger partial charge in [-0.1, -0.05) is 0 Å². The summed E-state index contributed by atoms with van der Waals surface area (Å²) in [5.41, 5.74) is 0.969. The van der Waals surface area contributed by atoms with Gasteiger partial charge in [-0.3, -0.25) is 0 Å². The molecule has 142 valence electrons. The molecule has 0 spiro atoms. The number of carbonyl (C=O) groups excluding carboxylic acids is 1. The molecule has 0 atom stereocenters. The highest BCUT2D eigenvalue weighted by Gasteiger charge is 2.24. The maximum Gasteiger partial charge on any atom is 0.396 e. The topological polar surface area (TPSA) is 81.0 Å². The van der Waals surface area contributed by atoms with Crippen molar-refractivity contribution in [1.82, 2.24) is 15.2 Å². The van der Waals surface area contributed by atoms with Gasteiger partial charge in [0.25, 0.3) is 5.89 Å².